The van der Waals surface area contributed by atoms with E-state index in [9.17, 15) is 8.42 Å². The number of sulfone groups is 1. The van der Waals surface area contributed by atoms with E-state index < -0.39 is 9.84 Å². The highest BCUT2D eigenvalue weighted by Crippen LogP contribution is 2.35. The van der Waals surface area contributed by atoms with Gasteiger partial charge >= 0.3 is 0 Å². The van der Waals surface area contributed by atoms with E-state index in [-0.39, 0.29) is 15.6 Å². The predicted molar refractivity (Wildman–Crippen MR) is 114 cm³/mol. The Labute approximate surface area is 176 Å². The molecule has 0 saturated carbocycles. The molecular weight excluding hydrogens is 430 g/mol. The van der Waals surface area contributed by atoms with Gasteiger partial charge in [-0.05, 0) is 48.4 Å². The summed E-state index contributed by atoms with van der Waals surface area (Å²) in [5.41, 5.74) is 1.05. The van der Waals surface area contributed by atoms with Crippen molar-refractivity contribution < 1.29 is 8.42 Å². The summed E-state index contributed by atoms with van der Waals surface area (Å²) in [6, 6.07) is 8.08. The van der Waals surface area contributed by atoms with Crippen LogP contribution in [0.3, 0.4) is 0 Å². The molecule has 4 heterocycles. The smallest absolute Gasteiger partial charge is 0.229 e. The van der Waals surface area contributed by atoms with Gasteiger partial charge in [0.25, 0.3) is 0 Å². The third kappa shape index (κ3) is 3.08. The standard InChI is InChI=1S/C19H18ClN5O2S2/c1-12-4-3-8-24(11-12)17-16-15(7-9-28-16)25-18(21-17)19(22-23-25)29(26,27)14-6-2-5-13(20)10-14/h2,5-7,9-10,12H,3-4,8,11H2,1H3. The Hall–Kier alpha value is -2.23. The number of piperidine rings is 1. The fourth-order valence-electron chi connectivity index (χ4n) is 3.82. The molecule has 1 atom stereocenters. The molecule has 0 amide bonds. The molecule has 1 aliphatic heterocycles. The van der Waals surface area contributed by atoms with Crippen molar-refractivity contribution in [3.63, 3.8) is 0 Å². The number of aromatic nitrogens is 4. The Bertz CT molecular complexity index is 1330. The zero-order chi connectivity index (χ0) is 20.2. The van der Waals surface area contributed by atoms with Gasteiger partial charge in [-0.1, -0.05) is 29.8 Å². The normalized spacial score (nSPS) is 18.0. The molecular formula is C19H18ClN5O2S2. The summed E-state index contributed by atoms with van der Waals surface area (Å²) in [4.78, 5) is 7.09. The van der Waals surface area contributed by atoms with E-state index in [4.69, 9.17) is 16.6 Å². The molecule has 10 heteroatoms. The maximum Gasteiger partial charge on any atom is 0.229 e. The topological polar surface area (TPSA) is 80.5 Å². The molecule has 1 aliphatic rings. The summed E-state index contributed by atoms with van der Waals surface area (Å²) >= 11 is 7.59. The third-order valence-electron chi connectivity index (χ3n) is 5.22. The lowest BCUT2D eigenvalue weighted by atomic mass is 10.0. The Balaban J connectivity index is 1.74. The molecule has 1 saturated heterocycles. The van der Waals surface area contributed by atoms with Gasteiger partial charge < -0.3 is 4.90 Å². The van der Waals surface area contributed by atoms with Crippen molar-refractivity contribution in [1.82, 2.24) is 19.8 Å². The van der Waals surface area contributed by atoms with Crippen molar-refractivity contribution in [2.75, 3.05) is 18.0 Å². The van der Waals surface area contributed by atoms with E-state index in [0.29, 0.717) is 10.9 Å². The summed E-state index contributed by atoms with van der Waals surface area (Å²) in [6.07, 6.45) is 2.28. The van der Waals surface area contributed by atoms with Crippen molar-refractivity contribution in [3.8, 4) is 0 Å². The molecule has 7 nitrogen and oxygen atoms in total. The van der Waals surface area contributed by atoms with Gasteiger partial charge in [0.05, 0.1) is 15.1 Å². The number of hydrogen-bond acceptors (Lipinski definition) is 7. The number of nitrogens with zero attached hydrogens (tertiary/aromatic N) is 5. The van der Waals surface area contributed by atoms with E-state index >= 15 is 0 Å². The summed E-state index contributed by atoms with van der Waals surface area (Å²) < 4.78 is 29.0. The van der Waals surface area contributed by atoms with Crippen molar-refractivity contribution in [3.05, 3.63) is 40.7 Å². The first-order valence-electron chi connectivity index (χ1n) is 9.33. The van der Waals surface area contributed by atoms with Crippen LogP contribution in [0.25, 0.3) is 15.9 Å². The zero-order valence-electron chi connectivity index (χ0n) is 15.6. The molecule has 1 fully saturated rings. The largest absolute Gasteiger partial charge is 0.355 e. The van der Waals surface area contributed by atoms with Crippen LogP contribution in [0.1, 0.15) is 19.8 Å². The van der Waals surface area contributed by atoms with Crippen LogP contribution >= 0.6 is 22.9 Å². The van der Waals surface area contributed by atoms with Crippen LogP contribution in [0.2, 0.25) is 5.02 Å². The second-order valence-electron chi connectivity index (χ2n) is 7.35. The van der Waals surface area contributed by atoms with Crippen LogP contribution in [-0.2, 0) is 9.84 Å². The molecule has 3 aromatic heterocycles. The monoisotopic (exact) mass is 447 g/mol. The van der Waals surface area contributed by atoms with Crippen molar-refractivity contribution in [2.24, 2.45) is 5.92 Å². The minimum absolute atomic E-state index is 0.0766. The lowest BCUT2D eigenvalue weighted by Gasteiger charge is -2.32. The zero-order valence-corrected chi connectivity index (χ0v) is 18.0. The maximum absolute atomic E-state index is 13.2. The second-order valence-corrected chi connectivity index (χ2v) is 10.6. The molecule has 1 unspecified atom stereocenters. The number of fused-ring (bicyclic) bond motifs is 3. The molecule has 5 rings (SSSR count). The van der Waals surface area contributed by atoms with Crippen molar-refractivity contribution in [2.45, 2.75) is 29.7 Å². The van der Waals surface area contributed by atoms with Crippen molar-refractivity contribution in [1.29, 1.82) is 0 Å². The quantitative estimate of drug-likeness (QED) is 0.471. The summed E-state index contributed by atoms with van der Waals surface area (Å²) in [5, 5.41) is 10.3. The second kappa shape index (κ2) is 6.93. The molecule has 0 N–H and O–H groups in total. The molecule has 0 spiro atoms. The summed E-state index contributed by atoms with van der Waals surface area (Å²) in [6.45, 7) is 4.03. The van der Waals surface area contributed by atoms with E-state index in [1.807, 2.05) is 11.4 Å². The Morgan fingerprint density at radius 2 is 2.14 bits per heavy atom. The summed E-state index contributed by atoms with van der Waals surface area (Å²) in [7, 11) is -3.91. The predicted octanol–water partition coefficient (Wildman–Crippen LogP) is 4.06. The molecule has 0 radical (unpaired) electrons. The average Bonchev–Trinajstić information content (AvgIpc) is 3.34. The Kier molecular flexibility index (Phi) is 4.49. The van der Waals surface area contributed by atoms with Gasteiger partial charge in [0.2, 0.25) is 14.9 Å². The number of hydrogen-bond donors (Lipinski definition) is 0. The summed E-state index contributed by atoms with van der Waals surface area (Å²) in [5.74, 6) is 1.37. The van der Waals surface area contributed by atoms with Gasteiger partial charge in [0, 0.05) is 18.1 Å². The minimum atomic E-state index is -3.91. The number of rotatable bonds is 3. The third-order valence-corrected chi connectivity index (χ3v) is 8.00. The Morgan fingerprint density at radius 3 is 2.93 bits per heavy atom. The van der Waals surface area contributed by atoms with Gasteiger partial charge in [0.15, 0.2) is 11.5 Å². The lowest BCUT2D eigenvalue weighted by molar-refractivity contribution is 0.445. The maximum atomic E-state index is 13.2. The molecule has 150 valence electrons. The SMILES string of the molecule is CC1CCCN(c2nc3c(S(=O)(=O)c4cccc(Cl)c4)nnn3c3ccsc23)C1. The number of thiophene rings is 1. The number of benzene rings is 1. The highest BCUT2D eigenvalue weighted by Gasteiger charge is 2.29. The highest BCUT2D eigenvalue weighted by molar-refractivity contribution is 7.91. The minimum Gasteiger partial charge on any atom is -0.355 e. The first-order chi connectivity index (χ1) is 13.9. The van der Waals surface area contributed by atoms with Crippen LogP contribution in [0.15, 0.2) is 45.6 Å². The number of anilines is 1. The average molecular weight is 448 g/mol. The highest BCUT2D eigenvalue weighted by atomic mass is 35.5. The fourth-order valence-corrected chi connectivity index (χ4v) is 6.25. The van der Waals surface area contributed by atoms with Gasteiger partial charge in [-0.2, -0.15) is 4.52 Å². The fraction of sp³-hybridized carbons (Fsp3) is 0.316. The first kappa shape index (κ1) is 18.8. The van der Waals surface area contributed by atoms with Gasteiger partial charge in [-0.15, -0.1) is 16.4 Å². The van der Waals surface area contributed by atoms with Crippen LogP contribution in [-0.4, -0.2) is 41.3 Å². The van der Waals surface area contributed by atoms with E-state index in [1.54, 1.807) is 23.5 Å². The van der Waals surface area contributed by atoms with Gasteiger partial charge in [-0.25, -0.2) is 13.4 Å². The number of halogens is 1. The van der Waals surface area contributed by atoms with Gasteiger partial charge in [-0.3, -0.25) is 0 Å². The van der Waals surface area contributed by atoms with Gasteiger partial charge in [0.1, 0.15) is 0 Å². The van der Waals surface area contributed by atoms with Crippen LogP contribution in [0.4, 0.5) is 5.82 Å². The van der Waals surface area contributed by atoms with Crippen LogP contribution in [0, 0.1) is 5.92 Å². The molecule has 0 aliphatic carbocycles. The first-order valence-corrected chi connectivity index (χ1v) is 12.1. The molecule has 4 aromatic rings. The van der Waals surface area contributed by atoms with E-state index in [0.717, 1.165) is 35.5 Å². The van der Waals surface area contributed by atoms with Crippen LogP contribution in [0.5, 0.6) is 0 Å². The molecule has 0 bridgehead atoms. The lowest BCUT2D eigenvalue weighted by Crippen LogP contribution is -2.35. The van der Waals surface area contributed by atoms with Crippen LogP contribution < -0.4 is 4.90 Å². The molecule has 29 heavy (non-hydrogen) atoms. The molecule has 1 aromatic carbocycles. The van der Waals surface area contributed by atoms with E-state index in [2.05, 4.69) is 22.1 Å². The van der Waals surface area contributed by atoms with Crippen molar-refractivity contribution >= 4 is 54.5 Å². The van der Waals surface area contributed by atoms with E-state index in [1.165, 1.54) is 23.1 Å². The Morgan fingerprint density at radius 1 is 1.28 bits per heavy atom.